The number of unbranched alkanes of at least 4 members (excludes halogenated alkanes) is 4. The molecule has 0 aliphatic carbocycles. The molecule has 38 heavy (non-hydrogen) atoms. The Bertz CT molecular complexity index is 896. The van der Waals surface area contributed by atoms with Crippen molar-refractivity contribution in [1.82, 2.24) is 15.5 Å². The number of rotatable bonds is 16. The molecule has 0 saturated heterocycles. The van der Waals surface area contributed by atoms with Crippen molar-refractivity contribution in [2.45, 2.75) is 110 Å². The second-order valence-corrected chi connectivity index (χ2v) is 10.8. The van der Waals surface area contributed by atoms with E-state index in [2.05, 4.69) is 24.1 Å². The Hall–Kier alpha value is -2.87. The third-order valence-electron chi connectivity index (χ3n) is 6.09. The number of carbonyl (C=O) groups is 3. The van der Waals surface area contributed by atoms with Crippen LogP contribution in [0.15, 0.2) is 30.8 Å². The smallest absolute Gasteiger partial charge is 0.408 e. The first-order valence-electron chi connectivity index (χ1n) is 13.9. The molecule has 0 aromatic heterocycles. The SMILES string of the molecule is C=Cc1cccc(C(C(=O)NC(C)CCC)N(CCCCCCC)C(=O)C(CO)NC(=O)OC(C)(C)C)c1. The van der Waals surface area contributed by atoms with Crippen LogP contribution in [0, 0.1) is 0 Å². The normalized spacial score (nSPS) is 13.7. The van der Waals surface area contributed by atoms with Crippen LogP contribution in [0.4, 0.5) is 4.79 Å². The number of hydrogen-bond acceptors (Lipinski definition) is 5. The molecule has 3 atom stereocenters. The van der Waals surface area contributed by atoms with Crippen LogP contribution >= 0.6 is 0 Å². The van der Waals surface area contributed by atoms with E-state index in [1.807, 2.05) is 38.1 Å². The van der Waals surface area contributed by atoms with Gasteiger partial charge in [0.05, 0.1) is 6.61 Å². The van der Waals surface area contributed by atoms with Crippen molar-refractivity contribution in [3.05, 3.63) is 42.0 Å². The molecule has 8 heteroatoms. The second kappa shape index (κ2) is 16.9. The maximum absolute atomic E-state index is 13.9. The molecule has 1 aromatic rings. The summed E-state index contributed by atoms with van der Waals surface area (Å²) in [4.78, 5) is 41.5. The lowest BCUT2D eigenvalue weighted by atomic mass is 9.99. The fourth-order valence-corrected chi connectivity index (χ4v) is 4.24. The van der Waals surface area contributed by atoms with Gasteiger partial charge in [0, 0.05) is 12.6 Å². The summed E-state index contributed by atoms with van der Waals surface area (Å²) in [5, 5.41) is 15.6. The molecule has 0 fully saturated rings. The molecule has 0 aliphatic heterocycles. The van der Waals surface area contributed by atoms with Crippen molar-refractivity contribution in [1.29, 1.82) is 0 Å². The Labute approximate surface area is 229 Å². The van der Waals surface area contributed by atoms with Crippen LogP contribution in [0.1, 0.15) is 104 Å². The average molecular weight is 532 g/mol. The Balaban J connectivity index is 3.43. The van der Waals surface area contributed by atoms with Crippen molar-refractivity contribution < 1.29 is 24.2 Å². The number of aliphatic hydroxyl groups excluding tert-OH is 1. The highest BCUT2D eigenvalue weighted by Crippen LogP contribution is 2.25. The lowest BCUT2D eigenvalue weighted by molar-refractivity contribution is -0.143. The van der Waals surface area contributed by atoms with Crippen molar-refractivity contribution in [2.75, 3.05) is 13.2 Å². The molecule has 1 rings (SSSR count). The minimum Gasteiger partial charge on any atom is -0.444 e. The Morgan fingerprint density at radius 3 is 2.34 bits per heavy atom. The maximum atomic E-state index is 13.9. The van der Waals surface area contributed by atoms with Crippen LogP contribution in [0.5, 0.6) is 0 Å². The lowest BCUT2D eigenvalue weighted by Crippen LogP contribution is -2.55. The predicted octanol–water partition coefficient (Wildman–Crippen LogP) is 5.36. The van der Waals surface area contributed by atoms with E-state index in [1.165, 1.54) is 4.90 Å². The molecule has 1 aromatic carbocycles. The van der Waals surface area contributed by atoms with E-state index in [1.54, 1.807) is 26.8 Å². The molecule has 3 amide bonds. The van der Waals surface area contributed by atoms with Gasteiger partial charge in [-0.15, -0.1) is 0 Å². The van der Waals surface area contributed by atoms with Crippen LogP contribution in [0.25, 0.3) is 6.08 Å². The van der Waals surface area contributed by atoms with E-state index in [4.69, 9.17) is 4.74 Å². The monoisotopic (exact) mass is 531 g/mol. The van der Waals surface area contributed by atoms with E-state index in [9.17, 15) is 19.5 Å². The number of ether oxygens (including phenoxy) is 1. The van der Waals surface area contributed by atoms with Crippen molar-refractivity contribution in [3.8, 4) is 0 Å². The summed E-state index contributed by atoms with van der Waals surface area (Å²) in [7, 11) is 0. The molecule has 3 unspecified atom stereocenters. The Morgan fingerprint density at radius 2 is 1.76 bits per heavy atom. The number of nitrogens with zero attached hydrogens (tertiary/aromatic N) is 1. The third-order valence-corrected chi connectivity index (χ3v) is 6.09. The minimum absolute atomic E-state index is 0.0763. The molecule has 8 nitrogen and oxygen atoms in total. The highest BCUT2D eigenvalue weighted by atomic mass is 16.6. The van der Waals surface area contributed by atoms with E-state index in [0.717, 1.165) is 44.1 Å². The van der Waals surface area contributed by atoms with Gasteiger partial charge in [0.25, 0.3) is 0 Å². The summed E-state index contributed by atoms with van der Waals surface area (Å²) in [6, 6.07) is 5.08. The highest BCUT2D eigenvalue weighted by Gasteiger charge is 2.36. The van der Waals surface area contributed by atoms with Crippen LogP contribution in [0.3, 0.4) is 0 Å². The first-order valence-corrected chi connectivity index (χ1v) is 13.9. The first kappa shape index (κ1) is 33.2. The molecule has 0 aliphatic rings. The van der Waals surface area contributed by atoms with Gasteiger partial charge >= 0.3 is 6.09 Å². The number of benzene rings is 1. The number of nitrogens with one attached hydrogen (secondary N) is 2. The van der Waals surface area contributed by atoms with Crippen LogP contribution in [-0.4, -0.2) is 58.8 Å². The van der Waals surface area contributed by atoms with Gasteiger partial charge in [-0.2, -0.15) is 0 Å². The summed E-state index contributed by atoms with van der Waals surface area (Å²) >= 11 is 0. The molecule has 214 valence electrons. The molecule has 0 spiro atoms. The average Bonchev–Trinajstić information content (AvgIpc) is 2.85. The quantitative estimate of drug-likeness (QED) is 0.249. The van der Waals surface area contributed by atoms with Crippen molar-refractivity contribution in [2.24, 2.45) is 0 Å². The zero-order valence-corrected chi connectivity index (χ0v) is 24.2. The molecule has 0 bridgehead atoms. The molecule has 0 radical (unpaired) electrons. The van der Waals surface area contributed by atoms with Gasteiger partial charge in [0.2, 0.25) is 11.8 Å². The van der Waals surface area contributed by atoms with Crippen LogP contribution in [-0.2, 0) is 14.3 Å². The topological polar surface area (TPSA) is 108 Å². The molecule has 0 saturated carbocycles. The van der Waals surface area contributed by atoms with Crippen molar-refractivity contribution >= 4 is 24.0 Å². The summed E-state index contributed by atoms with van der Waals surface area (Å²) in [5.74, 6) is -0.843. The summed E-state index contributed by atoms with van der Waals surface area (Å²) in [5.41, 5.74) is 0.692. The maximum Gasteiger partial charge on any atom is 0.408 e. The van der Waals surface area contributed by atoms with E-state index in [-0.39, 0.29) is 11.9 Å². The minimum atomic E-state index is -1.26. The zero-order valence-electron chi connectivity index (χ0n) is 24.2. The Morgan fingerprint density at radius 1 is 1.08 bits per heavy atom. The molecular formula is C30H49N3O5. The van der Waals surface area contributed by atoms with E-state index >= 15 is 0 Å². The third kappa shape index (κ3) is 11.7. The van der Waals surface area contributed by atoms with Gasteiger partial charge in [-0.1, -0.05) is 76.8 Å². The lowest BCUT2D eigenvalue weighted by Gasteiger charge is -2.35. The van der Waals surface area contributed by atoms with E-state index < -0.39 is 36.3 Å². The van der Waals surface area contributed by atoms with Crippen molar-refractivity contribution in [3.63, 3.8) is 0 Å². The standard InChI is InChI=1S/C30H49N3O5/c1-8-11-12-13-14-19-33(28(36)25(21-34)32-29(37)38-30(5,6)7)26(27(35)31-22(4)16-9-2)24-18-15-17-23(10-3)20-24/h10,15,17-18,20,22,25-26,34H,3,8-9,11-14,16,19,21H2,1-2,4-7H3,(H,31,35)(H,32,37). The highest BCUT2D eigenvalue weighted by molar-refractivity contribution is 5.92. The predicted molar refractivity (Wildman–Crippen MR) is 153 cm³/mol. The first-order chi connectivity index (χ1) is 18.0. The second-order valence-electron chi connectivity index (χ2n) is 10.8. The van der Waals surface area contributed by atoms with E-state index in [0.29, 0.717) is 18.5 Å². The molecule has 3 N–H and O–H groups in total. The number of amides is 3. The molecular weight excluding hydrogens is 482 g/mol. The summed E-state index contributed by atoms with van der Waals surface area (Å²) in [6.45, 7) is 14.8. The zero-order chi connectivity index (χ0) is 28.7. The van der Waals surface area contributed by atoms with Gasteiger partial charge in [-0.05, 0) is 57.7 Å². The number of alkyl carbamates (subject to hydrolysis) is 1. The number of carbonyl (C=O) groups excluding carboxylic acids is 3. The molecule has 0 heterocycles. The largest absolute Gasteiger partial charge is 0.444 e. The fourth-order valence-electron chi connectivity index (χ4n) is 4.24. The Kier molecular flexibility index (Phi) is 14.7. The summed E-state index contributed by atoms with van der Waals surface area (Å²) < 4.78 is 5.31. The van der Waals surface area contributed by atoms with Gasteiger partial charge in [-0.25, -0.2) is 4.79 Å². The van der Waals surface area contributed by atoms with Crippen LogP contribution < -0.4 is 10.6 Å². The van der Waals surface area contributed by atoms with Gasteiger partial charge in [0.15, 0.2) is 0 Å². The fraction of sp³-hybridized carbons (Fsp3) is 0.633. The van der Waals surface area contributed by atoms with Gasteiger partial charge < -0.3 is 25.4 Å². The summed E-state index contributed by atoms with van der Waals surface area (Å²) in [6.07, 6.45) is 7.38. The number of hydrogen-bond donors (Lipinski definition) is 3. The van der Waals surface area contributed by atoms with Gasteiger partial charge in [0.1, 0.15) is 17.7 Å². The van der Waals surface area contributed by atoms with Crippen LogP contribution in [0.2, 0.25) is 0 Å². The number of aliphatic hydroxyl groups is 1. The van der Waals surface area contributed by atoms with Gasteiger partial charge in [-0.3, -0.25) is 9.59 Å².